The molecule has 0 amide bonds. The molecule has 0 aromatic heterocycles. The van der Waals surface area contributed by atoms with E-state index in [-0.39, 0.29) is 0 Å². The van der Waals surface area contributed by atoms with Crippen LogP contribution >= 0.6 is 11.6 Å². The van der Waals surface area contributed by atoms with Crippen LogP contribution in [0, 0.1) is 5.41 Å². The van der Waals surface area contributed by atoms with Crippen molar-refractivity contribution in [1.29, 1.82) is 0 Å². The molecule has 0 spiro atoms. The summed E-state index contributed by atoms with van der Waals surface area (Å²) < 4.78 is 0. The summed E-state index contributed by atoms with van der Waals surface area (Å²) in [5.41, 5.74) is 0.357. The highest BCUT2D eigenvalue weighted by atomic mass is 35.5. The molecule has 0 aliphatic heterocycles. The first kappa shape index (κ1) is 8.29. The maximum Gasteiger partial charge on any atom is 0.0274 e. The zero-order chi connectivity index (χ0) is 6.62. The van der Waals surface area contributed by atoms with Gasteiger partial charge in [0.25, 0.3) is 0 Å². The van der Waals surface area contributed by atoms with Gasteiger partial charge >= 0.3 is 0 Å². The highest BCUT2D eigenvalue weighted by Crippen LogP contribution is 2.22. The molecule has 0 aromatic rings. The van der Waals surface area contributed by atoms with Gasteiger partial charge in [0.1, 0.15) is 0 Å². The largest absolute Gasteiger partial charge is 0.126 e. The van der Waals surface area contributed by atoms with E-state index in [1.165, 1.54) is 12.8 Å². The van der Waals surface area contributed by atoms with E-state index in [1.807, 2.05) is 0 Å². The monoisotopic (exact) mass is 134 g/mol. The van der Waals surface area contributed by atoms with Gasteiger partial charge in [0.2, 0.25) is 0 Å². The topological polar surface area (TPSA) is 0 Å². The molecule has 0 unspecified atom stereocenters. The van der Waals surface area contributed by atoms with Crippen LogP contribution in [0.5, 0.6) is 0 Å². The summed E-state index contributed by atoms with van der Waals surface area (Å²) in [5.74, 6) is 0.779. The highest BCUT2D eigenvalue weighted by Gasteiger charge is 2.13. The summed E-state index contributed by atoms with van der Waals surface area (Å²) in [4.78, 5) is 0. The molecule has 0 saturated heterocycles. The van der Waals surface area contributed by atoms with Crippen LogP contribution in [0.4, 0.5) is 0 Å². The Hall–Kier alpha value is 0.290. The highest BCUT2D eigenvalue weighted by molar-refractivity contribution is 6.18. The molecule has 8 heavy (non-hydrogen) atoms. The summed E-state index contributed by atoms with van der Waals surface area (Å²) in [6, 6.07) is 0. The minimum absolute atomic E-state index is 0.357. The second kappa shape index (κ2) is 3.34. The molecule has 0 heterocycles. The third-order valence-electron chi connectivity index (χ3n) is 1.29. The second-order valence-electron chi connectivity index (χ2n) is 3.05. The minimum atomic E-state index is 0.357. The Morgan fingerprint density at radius 2 is 1.88 bits per heavy atom. The van der Waals surface area contributed by atoms with Gasteiger partial charge in [-0.05, 0) is 11.8 Å². The Morgan fingerprint density at radius 1 is 1.38 bits per heavy atom. The molecule has 0 aromatic carbocycles. The molecule has 0 saturated carbocycles. The fraction of sp³-hybridized carbons (Fsp3) is 1.00. The molecule has 0 aliphatic carbocycles. The fourth-order valence-corrected chi connectivity index (χ4v) is 0.877. The SMILES string of the molecule is CCCC(C)(C)CCl. The first-order valence-corrected chi connectivity index (χ1v) is 3.72. The predicted octanol–water partition coefficient (Wildman–Crippen LogP) is 3.05. The molecule has 0 fully saturated rings. The lowest BCUT2D eigenvalue weighted by Crippen LogP contribution is -2.11. The van der Waals surface area contributed by atoms with Crippen molar-refractivity contribution in [2.75, 3.05) is 5.88 Å². The quantitative estimate of drug-likeness (QED) is 0.521. The lowest BCUT2D eigenvalue weighted by atomic mass is 9.91. The maximum absolute atomic E-state index is 5.67. The molecule has 0 bridgehead atoms. The number of hydrogen-bond donors (Lipinski definition) is 0. The van der Waals surface area contributed by atoms with E-state index in [4.69, 9.17) is 11.6 Å². The molecule has 0 N–H and O–H groups in total. The van der Waals surface area contributed by atoms with Crippen LogP contribution in [0.25, 0.3) is 0 Å². The summed E-state index contributed by atoms with van der Waals surface area (Å²) >= 11 is 5.67. The molecule has 0 nitrogen and oxygen atoms in total. The summed E-state index contributed by atoms with van der Waals surface area (Å²) in [7, 11) is 0. The Morgan fingerprint density at radius 3 is 2.00 bits per heavy atom. The van der Waals surface area contributed by atoms with E-state index in [2.05, 4.69) is 20.8 Å². The van der Waals surface area contributed by atoms with Crippen molar-refractivity contribution in [2.24, 2.45) is 5.41 Å². The molecular formula is C7H15Cl. The van der Waals surface area contributed by atoms with Crippen molar-refractivity contribution in [1.82, 2.24) is 0 Å². The number of rotatable bonds is 3. The van der Waals surface area contributed by atoms with E-state index in [0.29, 0.717) is 5.41 Å². The standard InChI is InChI=1S/C7H15Cl/c1-4-5-7(2,3)6-8/h4-6H2,1-3H3. The van der Waals surface area contributed by atoms with Gasteiger partial charge in [0, 0.05) is 5.88 Å². The zero-order valence-corrected chi connectivity index (χ0v) is 6.76. The van der Waals surface area contributed by atoms with Crippen molar-refractivity contribution in [3.8, 4) is 0 Å². The van der Waals surface area contributed by atoms with E-state index in [9.17, 15) is 0 Å². The van der Waals surface area contributed by atoms with Crippen LogP contribution in [0.3, 0.4) is 0 Å². The Kier molecular flexibility index (Phi) is 3.46. The van der Waals surface area contributed by atoms with Gasteiger partial charge in [-0.25, -0.2) is 0 Å². The smallest absolute Gasteiger partial charge is 0.0274 e. The van der Waals surface area contributed by atoms with Crippen molar-refractivity contribution >= 4 is 11.6 Å². The summed E-state index contributed by atoms with van der Waals surface area (Å²) in [5, 5.41) is 0. The Labute approximate surface area is 57.2 Å². The van der Waals surface area contributed by atoms with Gasteiger partial charge < -0.3 is 0 Å². The first-order valence-electron chi connectivity index (χ1n) is 3.18. The summed E-state index contributed by atoms with van der Waals surface area (Å²) in [6.45, 7) is 6.58. The molecular weight excluding hydrogens is 120 g/mol. The van der Waals surface area contributed by atoms with Gasteiger partial charge in [-0.15, -0.1) is 11.6 Å². The molecule has 0 radical (unpaired) electrons. The van der Waals surface area contributed by atoms with Crippen LogP contribution in [0.15, 0.2) is 0 Å². The lowest BCUT2D eigenvalue weighted by molar-refractivity contribution is 0.379. The number of hydrogen-bond acceptors (Lipinski definition) is 0. The Bertz CT molecular complexity index is 57.4. The average molecular weight is 135 g/mol. The molecule has 50 valence electrons. The van der Waals surface area contributed by atoms with Crippen LogP contribution < -0.4 is 0 Å². The number of alkyl halides is 1. The van der Waals surface area contributed by atoms with Gasteiger partial charge in [-0.1, -0.05) is 27.2 Å². The third-order valence-corrected chi connectivity index (χ3v) is 2.01. The van der Waals surface area contributed by atoms with E-state index in [1.54, 1.807) is 0 Å². The predicted molar refractivity (Wildman–Crippen MR) is 39.4 cm³/mol. The van der Waals surface area contributed by atoms with Crippen molar-refractivity contribution in [2.45, 2.75) is 33.6 Å². The van der Waals surface area contributed by atoms with Crippen LogP contribution in [-0.4, -0.2) is 5.88 Å². The van der Waals surface area contributed by atoms with Gasteiger partial charge in [-0.3, -0.25) is 0 Å². The second-order valence-corrected chi connectivity index (χ2v) is 3.32. The van der Waals surface area contributed by atoms with Crippen molar-refractivity contribution in [3.05, 3.63) is 0 Å². The zero-order valence-electron chi connectivity index (χ0n) is 6.00. The molecule has 0 atom stereocenters. The van der Waals surface area contributed by atoms with E-state index >= 15 is 0 Å². The summed E-state index contributed by atoms with van der Waals surface area (Å²) in [6.07, 6.45) is 2.47. The van der Waals surface area contributed by atoms with Crippen LogP contribution in [0.1, 0.15) is 33.6 Å². The van der Waals surface area contributed by atoms with Crippen LogP contribution in [-0.2, 0) is 0 Å². The maximum atomic E-state index is 5.67. The average Bonchev–Trinajstić information content (AvgIpc) is 1.67. The van der Waals surface area contributed by atoms with E-state index in [0.717, 1.165) is 5.88 Å². The normalized spacial score (nSPS) is 12.0. The Balaban J connectivity index is 3.37. The number of halogens is 1. The lowest BCUT2D eigenvalue weighted by Gasteiger charge is -2.19. The van der Waals surface area contributed by atoms with Gasteiger partial charge in [0.15, 0.2) is 0 Å². The van der Waals surface area contributed by atoms with Crippen LogP contribution in [0.2, 0.25) is 0 Å². The third kappa shape index (κ3) is 3.31. The van der Waals surface area contributed by atoms with Gasteiger partial charge in [0.05, 0.1) is 0 Å². The molecule has 0 aliphatic rings. The van der Waals surface area contributed by atoms with E-state index < -0.39 is 0 Å². The van der Waals surface area contributed by atoms with Gasteiger partial charge in [-0.2, -0.15) is 0 Å². The van der Waals surface area contributed by atoms with Crippen molar-refractivity contribution < 1.29 is 0 Å². The molecule has 0 rings (SSSR count). The first-order chi connectivity index (χ1) is 3.62. The molecule has 1 heteroatoms. The fourth-order valence-electron chi connectivity index (χ4n) is 0.744. The van der Waals surface area contributed by atoms with Crippen molar-refractivity contribution in [3.63, 3.8) is 0 Å². The minimum Gasteiger partial charge on any atom is -0.126 e.